The van der Waals surface area contributed by atoms with Gasteiger partial charge < -0.3 is 9.30 Å². The molecule has 30 heavy (non-hydrogen) atoms. The minimum Gasteiger partial charge on any atom is -0.382 e. The van der Waals surface area contributed by atoms with E-state index in [0.717, 1.165) is 61.4 Å². The van der Waals surface area contributed by atoms with E-state index < -0.39 is 5.91 Å². The number of fused-ring (bicyclic) bond motifs is 1. The molecule has 160 valence electrons. The number of hydrogen-bond donors (Lipinski definition) is 2. The SMILES string of the molecule is C.CCOCCCn1c(CCc2ccccc2)nc2cc(/C=C/C(=O)NO)ccc21. The van der Waals surface area contributed by atoms with E-state index in [-0.39, 0.29) is 7.43 Å². The van der Waals surface area contributed by atoms with E-state index in [9.17, 15) is 4.79 Å². The fraction of sp³-hybridized carbons (Fsp3) is 0.333. The van der Waals surface area contributed by atoms with Gasteiger partial charge in [-0.2, -0.15) is 0 Å². The molecule has 0 radical (unpaired) electrons. The molecule has 0 bridgehead atoms. The number of aromatic nitrogens is 2. The predicted octanol–water partition coefficient (Wildman–Crippen LogP) is 4.40. The van der Waals surface area contributed by atoms with Gasteiger partial charge in [0.2, 0.25) is 0 Å². The Morgan fingerprint density at radius 2 is 2.00 bits per heavy atom. The topological polar surface area (TPSA) is 76.4 Å². The third kappa shape index (κ3) is 6.27. The molecule has 6 heteroatoms. The van der Waals surface area contributed by atoms with Gasteiger partial charge in [0.1, 0.15) is 5.82 Å². The first-order valence-electron chi connectivity index (χ1n) is 9.94. The van der Waals surface area contributed by atoms with E-state index in [2.05, 4.69) is 28.8 Å². The fourth-order valence-corrected chi connectivity index (χ4v) is 3.32. The van der Waals surface area contributed by atoms with Gasteiger partial charge in [0.15, 0.2) is 0 Å². The quantitative estimate of drug-likeness (QED) is 0.225. The Morgan fingerprint density at radius 3 is 2.73 bits per heavy atom. The first kappa shape index (κ1) is 23.3. The molecule has 0 aliphatic heterocycles. The Bertz CT molecular complexity index is 964. The summed E-state index contributed by atoms with van der Waals surface area (Å²) in [6.07, 6.45) is 5.65. The van der Waals surface area contributed by atoms with Crippen molar-refractivity contribution in [3.63, 3.8) is 0 Å². The molecule has 2 N–H and O–H groups in total. The Labute approximate surface area is 178 Å². The van der Waals surface area contributed by atoms with Crippen LogP contribution in [0.3, 0.4) is 0 Å². The first-order valence-corrected chi connectivity index (χ1v) is 9.94. The molecule has 0 spiro atoms. The van der Waals surface area contributed by atoms with Crippen LogP contribution >= 0.6 is 0 Å². The summed E-state index contributed by atoms with van der Waals surface area (Å²) >= 11 is 0. The summed E-state index contributed by atoms with van der Waals surface area (Å²) in [5.74, 6) is 0.490. The maximum Gasteiger partial charge on any atom is 0.267 e. The highest BCUT2D eigenvalue weighted by Gasteiger charge is 2.11. The van der Waals surface area contributed by atoms with Crippen molar-refractivity contribution in [3.05, 3.63) is 71.6 Å². The number of ether oxygens (including phenoxy) is 1. The van der Waals surface area contributed by atoms with Crippen molar-refractivity contribution in [1.82, 2.24) is 15.0 Å². The average Bonchev–Trinajstić information content (AvgIpc) is 3.11. The van der Waals surface area contributed by atoms with Gasteiger partial charge in [-0.1, -0.05) is 43.8 Å². The van der Waals surface area contributed by atoms with Gasteiger partial charge in [0.05, 0.1) is 11.0 Å². The molecule has 3 aromatic rings. The zero-order valence-electron chi connectivity index (χ0n) is 16.7. The molecule has 1 amide bonds. The zero-order chi connectivity index (χ0) is 20.5. The summed E-state index contributed by atoms with van der Waals surface area (Å²) < 4.78 is 7.77. The van der Waals surface area contributed by atoms with Crippen molar-refractivity contribution in [3.8, 4) is 0 Å². The molecule has 0 saturated heterocycles. The lowest BCUT2D eigenvalue weighted by Crippen LogP contribution is -2.14. The molecule has 6 nitrogen and oxygen atoms in total. The van der Waals surface area contributed by atoms with Crippen molar-refractivity contribution >= 4 is 23.0 Å². The van der Waals surface area contributed by atoms with E-state index in [4.69, 9.17) is 14.9 Å². The van der Waals surface area contributed by atoms with Crippen molar-refractivity contribution in [2.75, 3.05) is 13.2 Å². The normalized spacial score (nSPS) is 11.0. The second-order valence-corrected chi connectivity index (χ2v) is 6.77. The van der Waals surface area contributed by atoms with Gasteiger partial charge in [-0.15, -0.1) is 0 Å². The number of hydroxylamine groups is 1. The number of imidazole rings is 1. The van der Waals surface area contributed by atoms with Crippen molar-refractivity contribution in [1.29, 1.82) is 0 Å². The van der Waals surface area contributed by atoms with Gasteiger partial charge >= 0.3 is 0 Å². The Balaban J connectivity index is 0.00000320. The lowest BCUT2D eigenvalue weighted by molar-refractivity contribution is -0.124. The van der Waals surface area contributed by atoms with Crippen LogP contribution < -0.4 is 5.48 Å². The maximum absolute atomic E-state index is 11.2. The van der Waals surface area contributed by atoms with Crippen molar-refractivity contribution in [2.24, 2.45) is 0 Å². The van der Waals surface area contributed by atoms with Crippen LogP contribution in [0.1, 0.15) is 37.7 Å². The van der Waals surface area contributed by atoms with Crippen LogP contribution in [0.2, 0.25) is 0 Å². The minimum absolute atomic E-state index is 0. The molecule has 2 aromatic carbocycles. The Kier molecular flexibility index (Phi) is 9.25. The second-order valence-electron chi connectivity index (χ2n) is 6.77. The molecule has 1 heterocycles. The molecular weight excluding hydrogens is 378 g/mol. The van der Waals surface area contributed by atoms with Crippen LogP contribution in [0.5, 0.6) is 0 Å². The standard InChI is InChI=1S/C23H27N3O3.CH4/c1-2-29-16-6-15-26-21-12-9-19(11-14-23(27)25-28)17-20(21)24-22(26)13-10-18-7-4-3-5-8-18;/h3-5,7-9,11-12,14,17,28H,2,6,10,13,15-16H2,1H3,(H,25,27);1H4/b14-11+;. The number of nitrogens with zero attached hydrogens (tertiary/aromatic N) is 2. The highest BCUT2D eigenvalue weighted by molar-refractivity contribution is 5.91. The predicted molar refractivity (Wildman–Crippen MR) is 120 cm³/mol. The number of amides is 1. The van der Waals surface area contributed by atoms with Crippen LogP contribution in [0.25, 0.3) is 17.1 Å². The van der Waals surface area contributed by atoms with Crippen molar-refractivity contribution < 1.29 is 14.7 Å². The van der Waals surface area contributed by atoms with E-state index >= 15 is 0 Å². The number of rotatable bonds is 10. The van der Waals surface area contributed by atoms with Crippen LogP contribution in [0.15, 0.2) is 54.6 Å². The van der Waals surface area contributed by atoms with Gasteiger partial charge in [-0.25, -0.2) is 10.5 Å². The lowest BCUT2D eigenvalue weighted by atomic mass is 10.1. The summed E-state index contributed by atoms with van der Waals surface area (Å²) in [5.41, 5.74) is 5.72. The summed E-state index contributed by atoms with van der Waals surface area (Å²) in [6, 6.07) is 16.4. The van der Waals surface area contributed by atoms with Crippen LogP contribution in [0, 0.1) is 0 Å². The maximum atomic E-state index is 11.2. The Hall–Kier alpha value is -2.96. The highest BCUT2D eigenvalue weighted by Crippen LogP contribution is 2.21. The number of carbonyl (C=O) groups is 1. The number of carbonyl (C=O) groups excluding carboxylic acids is 1. The van der Waals surface area contributed by atoms with E-state index in [1.807, 2.05) is 31.2 Å². The largest absolute Gasteiger partial charge is 0.382 e. The van der Waals surface area contributed by atoms with Crippen LogP contribution in [-0.4, -0.2) is 33.9 Å². The summed E-state index contributed by atoms with van der Waals surface area (Å²) in [6.45, 7) is 4.31. The lowest BCUT2D eigenvalue weighted by Gasteiger charge is -2.10. The van der Waals surface area contributed by atoms with Crippen molar-refractivity contribution in [2.45, 2.75) is 40.2 Å². The van der Waals surface area contributed by atoms with E-state index in [1.54, 1.807) is 11.6 Å². The molecule has 0 fully saturated rings. The molecule has 0 aliphatic rings. The summed E-state index contributed by atoms with van der Waals surface area (Å²) in [4.78, 5) is 16.1. The Morgan fingerprint density at radius 1 is 1.20 bits per heavy atom. The second kappa shape index (κ2) is 11.9. The molecule has 3 rings (SSSR count). The zero-order valence-corrected chi connectivity index (χ0v) is 16.7. The monoisotopic (exact) mass is 409 g/mol. The molecule has 1 aromatic heterocycles. The van der Waals surface area contributed by atoms with Gasteiger partial charge in [0, 0.05) is 32.3 Å². The van der Waals surface area contributed by atoms with Crippen LogP contribution in [0.4, 0.5) is 0 Å². The molecule has 0 aliphatic carbocycles. The average molecular weight is 410 g/mol. The smallest absolute Gasteiger partial charge is 0.267 e. The summed E-state index contributed by atoms with van der Waals surface area (Å²) in [5, 5.41) is 8.62. The molecule has 0 saturated carbocycles. The van der Waals surface area contributed by atoms with E-state index in [0.29, 0.717) is 0 Å². The van der Waals surface area contributed by atoms with Crippen LogP contribution in [-0.2, 0) is 28.9 Å². The van der Waals surface area contributed by atoms with Gasteiger partial charge in [-0.3, -0.25) is 10.0 Å². The number of benzene rings is 2. The fourth-order valence-electron chi connectivity index (χ4n) is 3.32. The van der Waals surface area contributed by atoms with E-state index in [1.165, 1.54) is 11.6 Å². The minimum atomic E-state index is -0.560. The number of nitrogens with one attached hydrogen (secondary N) is 1. The molecule has 0 unspecified atom stereocenters. The van der Waals surface area contributed by atoms with Gasteiger partial charge in [0.25, 0.3) is 5.91 Å². The first-order chi connectivity index (χ1) is 14.2. The molecule has 0 atom stereocenters. The third-order valence-electron chi connectivity index (χ3n) is 4.74. The van der Waals surface area contributed by atoms with Gasteiger partial charge in [-0.05, 0) is 49.1 Å². The summed E-state index contributed by atoms with van der Waals surface area (Å²) in [7, 11) is 0. The number of hydrogen-bond acceptors (Lipinski definition) is 4. The number of aryl methyl sites for hydroxylation is 3. The highest BCUT2D eigenvalue weighted by atomic mass is 16.5. The molecular formula is C24H31N3O3. The third-order valence-corrected chi connectivity index (χ3v) is 4.74.